The van der Waals surface area contributed by atoms with Gasteiger partial charge < -0.3 is 10.1 Å². The number of carbonyl (C=O) groups is 1. The molecule has 106 valence electrons. The van der Waals surface area contributed by atoms with Gasteiger partial charge in [0.15, 0.2) is 0 Å². The highest BCUT2D eigenvalue weighted by atomic mass is 35.5. The number of pyridine rings is 1. The molecule has 0 radical (unpaired) electrons. The average molecular weight is 293 g/mol. The summed E-state index contributed by atoms with van der Waals surface area (Å²) in [6.07, 6.45) is 3.16. The lowest BCUT2D eigenvalue weighted by Crippen LogP contribution is -2.13. The van der Waals surface area contributed by atoms with Gasteiger partial charge in [-0.2, -0.15) is 0 Å². The minimum Gasteiger partial charge on any atom is -0.495 e. The molecule has 0 bridgehead atoms. The third-order valence-electron chi connectivity index (χ3n) is 2.99. The summed E-state index contributed by atoms with van der Waals surface area (Å²) in [5.74, 6) is 0.454. The zero-order chi connectivity index (χ0) is 13.8. The van der Waals surface area contributed by atoms with E-state index in [1.54, 1.807) is 25.4 Å². The molecule has 1 amide bonds. The molecule has 0 unspecified atom stereocenters. The molecule has 4 nitrogen and oxygen atoms in total. The lowest BCUT2D eigenvalue weighted by Gasteiger charge is -2.12. The van der Waals surface area contributed by atoms with Crippen molar-refractivity contribution in [3.05, 3.63) is 53.3 Å². The molecule has 2 aromatic rings. The molecule has 0 spiro atoms. The zero-order valence-electron chi connectivity index (χ0n) is 11.6. The van der Waals surface area contributed by atoms with Crippen molar-refractivity contribution in [1.82, 2.24) is 4.98 Å². The zero-order valence-corrected chi connectivity index (χ0v) is 12.5. The molecule has 20 heavy (non-hydrogen) atoms. The van der Waals surface area contributed by atoms with Crippen molar-refractivity contribution >= 4 is 24.0 Å². The van der Waals surface area contributed by atoms with E-state index in [-0.39, 0.29) is 18.3 Å². The number of methoxy groups -OCH3 is 1. The van der Waals surface area contributed by atoms with Gasteiger partial charge in [-0.05, 0) is 49.2 Å². The van der Waals surface area contributed by atoms with Gasteiger partial charge in [0.25, 0.3) is 5.91 Å². The predicted molar refractivity (Wildman–Crippen MR) is 81.9 cm³/mol. The summed E-state index contributed by atoms with van der Waals surface area (Å²) >= 11 is 0. The van der Waals surface area contributed by atoms with Gasteiger partial charge in [0.05, 0.1) is 18.4 Å². The van der Waals surface area contributed by atoms with E-state index in [9.17, 15) is 4.79 Å². The number of nitrogens with zero attached hydrogens (tertiary/aromatic N) is 1. The molecule has 0 aliphatic heterocycles. The fourth-order valence-corrected chi connectivity index (χ4v) is 1.75. The van der Waals surface area contributed by atoms with Gasteiger partial charge in [-0.15, -0.1) is 12.4 Å². The Bertz CT molecular complexity index is 600. The maximum atomic E-state index is 12.1. The highest BCUT2D eigenvalue weighted by Crippen LogP contribution is 2.28. The lowest BCUT2D eigenvalue weighted by atomic mass is 10.1. The van der Waals surface area contributed by atoms with Crippen molar-refractivity contribution in [3.63, 3.8) is 0 Å². The van der Waals surface area contributed by atoms with Crippen LogP contribution in [0.3, 0.4) is 0 Å². The van der Waals surface area contributed by atoms with E-state index in [1.165, 1.54) is 6.20 Å². The molecule has 0 saturated heterocycles. The monoisotopic (exact) mass is 292 g/mol. The summed E-state index contributed by atoms with van der Waals surface area (Å²) < 4.78 is 5.29. The van der Waals surface area contributed by atoms with E-state index in [2.05, 4.69) is 10.3 Å². The summed E-state index contributed by atoms with van der Waals surface area (Å²) in [6, 6.07) is 7.26. The number of ether oxygens (including phenoxy) is 1. The number of hydrogen-bond donors (Lipinski definition) is 1. The molecule has 0 aliphatic rings. The summed E-state index contributed by atoms with van der Waals surface area (Å²) in [6.45, 7) is 4.00. The topological polar surface area (TPSA) is 51.2 Å². The molecule has 0 aliphatic carbocycles. The average Bonchev–Trinajstić information content (AvgIpc) is 2.43. The van der Waals surface area contributed by atoms with Gasteiger partial charge in [-0.3, -0.25) is 9.78 Å². The number of aromatic nitrogens is 1. The van der Waals surface area contributed by atoms with Gasteiger partial charge in [0.1, 0.15) is 5.75 Å². The number of benzene rings is 1. The van der Waals surface area contributed by atoms with Gasteiger partial charge in [-0.25, -0.2) is 0 Å². The SMILES string of the molecule is COc1cc(C)c(C)cc1NC(=O)c1cccnc1.Cl. The normalized spacial score (nSPS) is 9.55. The molecular formula is C15H17ClN2O2. The molecule has 5 heteroatoms. The molecule has 1 N–H and O–H groups in total. The summed E-state index contributed by atoms with van der Waals surface area (Å²) in [5, 5.41) is 2.84. The Balaban J connectivity index is 0.00000200. The summed E-state index contributed by atoms with van der Waals surface area (Å²) in [5.41, 5.74) is 3.40. The predicted octanol–water partition coefficient (Wildman–Crippen LogP) is 3.38. The summed E-state index contributed by atoms with van der Waals surface area (Å²) in [4.78, 5) is 16.0. The Morgan fingerprint density at radius 3 is 2.55 bits per heavy atom. The van der Waals surface area contributed by atoms with Crippen molar-refractivity contribution in [2.45, 2.75) is 13.8 Å². The van der Waals surface area contributed by atoms with E-state index in [0.717, 1.165) is 11.1 Å². The van der Waals surface area contributed by atoms with Crippen molar-refractivity contribution < 1.29 is 9.53 Å². The van der Waals surface area contributed by atoms with Crippen LogP contribution in [0.1, 0.15) is 21.5 Å². The Labute approximate surface area is 124 Å². The highest BCUT2D eigenvalue weighted by Gasteiger charge is 2.11. The maximum Gasteiger partial charge on any atom is 0.257 e. The fourth-order valence-electron chi connectivity index (χ4n) is 1.75. The van der Waals surface area contributed by atoms with Crippen molar-refractivity contribution in [2.24, 2.45) is 0 Å². The second-order valence-corrected chi connectivity index (χ2v) is 4.33. The standard InChI is InChI=1S/C15H16N2O2.ClH/c1-10-7-13(14(19-3)8-11(10)2)17-15(18)12-5-4-6-16-9-12;/h4-9H,1-3H3,(H,17,18);1H. The third-order valence-corrected chi connectivity index (χ3v) is 2.99. The van der Waals surface area contributed by atoms with Crippen LogP contribution >= 0.6 is 12.4 Å². The first kappa shape index (κ1) is 16.0. The van der Waals surface area contributed by atoms with Crippen LogP contribution in [0.5, 0.6) is 5.75 Å². The second kappa shape index (κ2) is 6.91. The Hall–Kier alpha value is -2.07. The van der Waals surface area contributed by atoms with E-state index in [4.69, 9.17) is 4.74 Å². The first-order chi connectivity index (χ1) is 9.11. The molecule has 1 aromatic carbocycles. The van der Waals surface area contributed by atoms with E-state index < -0.39 is 0 Å². The molecular weight excluding hydrogens is 276 g/mol. The largest absolute Gasteiger partial charge is 0.495 e. The van der Waals surface area contributed by atoms with Crippen LogP contribution < -0.4 is 10.1 Å². The van der Waals surface area contributed by atoms with Crippen LogP contribution in [0.2, 0.25) is 0 Å². The second-order valence-electron chi connectivity index (χ2n) is 4.33. The number of carbonyl (C=O) groups excluding carboxylic acids is 1. The van der Waals surface area contributed by atoms with E-state index in [0.29, 0.717) is 17.0 Å². The van der Waals surface area contributed by atoms with Gasteiger partial charge in [0, 0.05) is 12.4 Å². The highest BCUT2D eigenvalue weighted by molar-refractivity contribution is 6.04. The smallest absolute Gasteiger partial charge is 0.257 e. The number of anilines is 1. The van der Waals surface area contributed by atoms with Gasteiger partial charge >= 0.3 is 0 Å². The Morgan fingerprint density at radius 2 is 1.95 bits per heavy atom. The van der Waals surface area contributed by atoms with Crippen molar-refractivity contribution in [3.8, 4) is 5.75 Å². The van der Waals surface area contributed by atoms with Crippen LogP contribution in [-0.2, 0) is 0 Å². The number of amides is 1. The number of aryl methyl sites for hydroxylation is 2. The molecule has 1 heterocycles. The van der Waals surface area contributed by atoms with Crippen LogP contribution in [-0.4, -0.2) is 18.0 Å². The number of nitrogens with one attached hydrogen (secondary N) is 1. The van der Waals surface area contributed by atoms with Crippen LogP contribution in [0.25, 0.3) is 0 Å². The molecule has 0 atom stereocenters. The van der Waals surface area contributed by atoms with Gasteiger partial charge in [-0.1, -0.05) is 0 Å². The molecule has 2 rings (SSSR count). The van der Waals surface area contributed by atoms with Crippen LogP contribution in [0.4, 0.5) is 5.69 Å². The van der Waals surface area contributed by atoms with E-state index >= 15 is 0 Å². The van der Waals surface area contributed by atoms with Crippen molar-refractivity contribution in [1.29, 1.82) is 0 Å². The minimum atomic E-state index is -0.199. The molecule has 1 aromatic heterocycles. The third kappa shape index (κ3) is 3.48. The van der Waals surface area contributed by atoms with Gasteiger partial charge in [0.2, 0.25) is 0 Å². The molecule has 0 saturated carbocycles. The fraction of sp³-hybridized carbons (Fsp3) is 0.200. The minimum absolute atomic E-state index is 0. The lowest BCUT2D eigenvalue weighted by molar-refractivity contribution is 0.102. The number of rotatable bonds is 3. The first-order valence-corrected chi connectivity index (χ1v) is 5.98. The maximum absolute atomic E-state index is 12.1. The Morgan fingerprint density at radius 1 is 1.25 bits per heavy atom. The first-order valence-electron chi connectivity index (χ1n) is 5.98. The summed E-state index contributed by atoms with van der Waals surface area (Å²) in [7, 11) is 1.59. The Kier molecular flexibility index (Phi) is 5.53. The van der Waals surface area contributed by atoms with E-state index in [1.807, 2.05) is 26.0 Å². The number of hydrogen-bond acceptors (Lipinski definition) is 3. The molecule has 0 fully saturated rings. The number of halogens is 1. The van der Waals surface area contributed by atoms with Crippen molar-refractivity contribution in [2.75, 3.05) is 12.4 Å². The van der Waals surface area contributed by atoms with Crippen LogP contribution in [0, 0.1) is 13.8 Å². The quantitative estimate of drug-likeness (QED) is 0.943. The van der Waals surface area contributed by atoms with Crippen LogP contribution in [0.15, 0.2) is 36.7 Å².